The fourth-order valence-electron chi connectivity index (χ4n) is 8.35. The van der Waals surface area contributed by atoms with Gasteiger partial charge in [-0.15, -0.1) is 0 Å². The summed E-state index contributed by atoms with van der Waals surface area (Å²) in [5.74, 6) is -0.196. The van der Waals surface area contributed by atoms with E-state index in [0.29, 0.717) is 17.4 Å². The minimum absolute atomic E-state index is 0.0483. The molecule has 0 radical (unpaired) electrons. The van der Waals surface area contributed by atoms with Crippen LogP contribution in [-0.2, 0) is 18.4 Å². The Kier molecular flexibility index (Phi) is 54.3. The molecule has 1 amide bonds. The van der Waals surface area contributed by atoms with Crippen LogP contribution in [0.5, 0.6) is 0 Å². The number of hydrogen-bond acceptors (Lipinski definition) is 5. The van der Waals surface area contributed by atoms with Crippen LogP contribution in [0.15, 0.2) is 122 Å². The lowest BCUT2D eigenvalue weighted by Gasteiger charge is -2.25. The molecule has 0 aliphatic heterocycles. The molecule has 0 aromatic heterocycles. The summed E-state index contributed by atoms with van der Waals surface area (Å²) in [4.78, 5) is 23.3. The van der Waals surface area contributed by atoms with Crippen molar-refractivity contribution < 1.29 is 32.9 Å². The lowest BCUT2D eigenvalue weighted by Crippen LogP contribution is -2.45. The number of allylic oxidation sites excluding steroid dienone is 19. The first-order valence-electron chi connectivity index (χ1n) is 30.9. The van der Waals surface area contributed by atoms with E-state index in [0.717, 1.165) is 89.9 Å². The van der Waals surface area contributed by atoms with Gasteiger partial charge in [-0.2, -0.15) is 0 Å². The van der Waals surface area contributed by atoms with Crippen molar-refractivity contribution in [3.05, 3.63) is 122 Å². The third kappa shape index (κ3) is 58.6. The lowest BCUT2D eigenvalue weighted by molar-refractivity contribution is -0.870. The largest absolute Gasteiger partial charge is 0.472 e. The summed E-state index contributed by atoms with van der Waals surface area (Å²) >= 11 is 0. The second-order valence-electron chi connectivity index (χ2n) is 21.7. The first-order chi connectivity index (χ1) is 37.0. The Morgan fingerprint density at radius 1 is 0.461 bits per heavy atom. The van der Waals surface area contributed by atoms with Crippen LogP contribution in [0.4, 0.5) is 0 Å². The maximum atomic E-state index is 13.0. The first-order valence-corrected chi connectivity index (χ1v) is 32.4. The Morgan fingerprint density at radius 2 is 0.803 bits per heavy atom. The number of carbonyl (C=O) groups is 1. The van der Waals surface area contributed by atoms with Gasteiger partial charge in [0, 0.05) is 6.42 Å². The molecule has 0 fully saturated rings. The Hall–Kier alpha value is -3.10. The zero-order valence-corrected chi connectivity index (χ0v) is 50.6. The predicted octanol–water partition coefficient (Wildman–Crippen LogP) is 19.3. The van der Waals surface area contributed by atoms with Gasteiger partial charge in [-0.25, -0.2) is 4.57 Å². The van der Waals surface area contributed by atoms with Crippen molar-refractivity contribution in [1.82, 2.24) is 5.32 Å². The number of phosphoric ester groups is 1. The summed E-state index contributed by atoms with van der Waals surface area (Å²) in [5.41, 5.74) is 0. The molecule has 9 heteroatoms. The van der Waals surface area contributed by atoms with Crippen LogP contribution < -0.4 is 5.32 Å². The second-order valence-corrected chi connectivity index (χ2v) is 23.1. The zero-order chi connectivity index (χ0) is 55.6. The Morgan fingerprint density at radius 3 is 1.21 bits per heavy atom. The van der Waals surface area contributed by atoms with Crippen molar-refractivity contribution in [2.24, 2.45) is 0 Å². The summed E-state index contributed by atoms with van der Waals surface area (Å²) in [7, 11) is 1.53. The highest BCUT2D eigenvalue weighted by molar-refractivity contribution is 7.47. The molecule has 0 aliphatic rings. The Labute approximate surface area is 469 Å². The van der Waals surface area contributed by atoms with Crippen molar-refractivity contribution >= 4 is 13.7 Å². The summed E-state index contributed by atoms with van der Waals surface area (Å²) in [6.45, 7) is 4.67. The Balaban J connectivity index is 4.18. The molecule has 0 aromatic carbocycles. The number of nitrogens with one attached hydrogen (secondary N) is 1. The number of likely N-dealkylation sites (N-methyl/N-ethyl adjacent to an activating group) is 1. The smallest absolute Gasteiger partial charge is 0.387 e. The number of amides is 1. The van der Waals surface area contributed by atoms with Crippen LogP contribution in [-0.4, -0.2) is 73.4 Å². The third-order valence-corrected chi connectivity index (χ3v) is 14.1. The molecule has 0 bridgehead atoms. The fraction of sp³-hybridized carbons (Fsp3) is 0.687. The summed E-state index contributed by atoms with van der Waals surface area (Å²) in [6, 6.07) is -0.878. The van der Waals surface area contributed by atoms with E-state index in [1.54, 1.807) is 6.08 Å². The molecule has 3 unspecified atom stereocenters. The minimum atomic E-state index is -4.37. The average Bonchev–Trinajstić information content (AvgIpc) is 3.38. The maximum absolute atomic E-state index is 13.0. The molecule has 3 N–H and O–H groups in total. The number of phosphoric acid groups is 1. The normalized spacial score (nSPS) is 14.7. The number of aliphatic hydroxyl groups excluding tert-OH is 1. The molecule has 0 heterocycles. The van der Waals surface area contributed by atoms with Gasteiger partial charge >= 0.3 is 7.82 Å². The molecule has 0 saturated carbocycles. The topological polar surface area (TPSA) is 105 Å². The number of aliphatic hydroxyl groups is 1. The SMILES string of the molecule is CC/C=C\C/C=C\C/C=C\C/C=C\C/C=C\C/C=C\C/C=C\CCCCCCCCCCCCCCCC(=O)NC(COP(=O)(O)OCC[N+](C)(C)C)C(O)/C=C/CC/C=C/CC/C=C/CCCCCCCCCCC. The molecule has 0 rings (SSSR count). The summed E-state index contributed by atoms with van der Waals surface area (Å²) < 4.78 is 23.7. The summed E-state index contributed by atoms with van der Waals surface area (Å²) in [5, 5.41) is 13.9. The predicted molar refractivity (Wildman–Crippen MR) is 332 cm³/mol. The van der Waals surface area contributed by atoms with Gasteiger partial charge in [-0.05, 0) is 103 Å². The molecule has 8 nitrogen and oxygen atoms in total. The van der Waals surface area contributed by atoms with Gasteiger partial charge in [0.2, 0.25) is 5.91 Å². The van der Waals surface area contributed by atoms with E-state index >= 15 is 0 Å². The average molecular weight is 1080 g/mol. The van der Waals surface area contributed by atoms with E-state index in [1.807, 2.05) is 27.2 Å². The highest BCUT2D eigenvalue weighted by Crippen LogP contribution is 2.43. The van der Waals surface area contributed by atoms with Gasteiger partial charge < -0.3 is 19.8 Å². The molecule has 3 atom stereocenters. The van der Waals surface area contributed by atoms with Crippen LogP contribution in [0.3, 0.4) is 0 Å². The molecule has 0 aromatic rings. The molecular weight excluding hydrogens is 960 g/mol. The summed E-state index contributed by atoms with van der Waals surface area (Å²) in [6.07, 6.45) is 84.6. The monoisotopic (exact) mass is 1080 g/mol. The van der Waals surface area contributed by atoms with Crippen LogP contribution in [0.2, 0.25) is 0 Å². The maximum Gasteiger partial charge on any atom is 0.472 e. The van der Waals surface area contributed by atoms with Gasteiger partial charge in [0.1, 0.15) is 13.2 Å². The van der Waals surface area contributed by atoms with Crippen molar-refractivity contribution in [3.8, 4) is 0 Å². The lowest BCUT2D eigenvalue weighted by atomic mass is 10.0. The molecule has 0 spiro atoms. The van der Waals surface area contributed by atoms with E-state index in [2.05, 4.69) is 129 Å². The van der Waals surface area contributed by atoms with E-state index in [1.165, 1.54) is 135 Å². The van der Waals surface area contributed by atoms with Crippen molar-refractivity contribution in [2.75, 3.05) is 40.9 Å². The van der Waals surface area contributed by atoms with Crippen molar-refractivity contribution in [3.63, 3.8) is 0 Å². The van der Waals surface area contributed by atoms with Crippen molar-refractivity contribution in [1.29, 1.82) is 0 Å². The van der Waals surface area contributed by atoms with Crippen molar-refractivity contribution in [2.45, 2.75) is 257 Å². The van der Waals surface area contributed by atoms with E-state index in [4.69, 9.17) is 9.05 Å². The minimum Gasteiger partial charge on any atom is -0.387 e. The number of carbonyl (C=O) groups excluding carboxylic acids is 1. The van der Waals surface area contributed by atoms with Crippen LogP contribution in [0.25, 0.3) is 0 Å². The highest BCUT2D eigenvalue weighted by Gasteiger charge is 2.27. The van der Waals surface area contributed by atoms with Crippen LogP contribution >= 0.6 is 7.82 Å². The Bertz CT molecular complexity index is 1650. The number of rotatable bonds is 55. The molecule has 436 valence electrons. The molecule has 76 heavy (non-hydrogen) atoms. The zero-order valence-electron chi connectivity index (χ0n) is 49.7. The van der Waals surface area contributed by atoms with Gasteiger partial charge in [0.15, 0.2) is 0 Å². The van der Waals surface area contributed by atoms with Gasteiger partial charge in [-0.3, -0.25) is 13.8 Å². The number of nitrogens with zero attached hydrogens (tertiary/aromatic N) is 1. The van der Waals surface area contributed by atoms with Gasteiger partial charge in [-0.1, -0.05) is 257 Å². The quantitative estimate of drug-likeness (QED) is 0.0243. The van der Waals surface area contributed by atoms with Gasteiger partial charge in [0.25, 0.3) is 0 Å². The third-order valence-electron chi connectivity index (χ3n) is 13.1. The molecule has 0 saturated heterocycles. The van der Waals surface area contributed by atoms with E-state index in [9.17, 15) is 19.4 Å². The van der Waals surface area contributed by atoms with Crippen LogP contribution in [0.1, 0.15) is 245 Å². The molecule has 0 aliphatic carbocycles. The molecular formula is C67H118N2O6P+. The van der Waals surface area contributed by atoms with Crippen LogP contribution in [0, 0.1) is 0 Å². The highest BCUT2D eigenvalue weighted by atomic mass is 31.2. The number of unbranched alkanes of at least 4 members (excludes halogenated alkanes) is 24. The van der Waals surface area contributed by atoms with Gasteiger partial charge in [0.05, 0.1) is 39.9 Å². The fourth-order valence-corrected chi connectivity index (χ4v) is 9.08. The standard InChI is InChI=1S/C67H117N2O6P/c1-6-8-10-12-14-16-18-20-22-24-26-27-28-29-30-31-32-33-34-35-36-37-38-39-40-41-43-45-47-49-51-53-55-57-59-61-67(71)68-65(64-75-76(72,73)74-63-62-69(3,4)5)66(70)60-58-56-54-52-50-48-46-44-42-25-23-21-19-17-15-13-11-9-7-2/h8,10,14,16,20,22,26-27,29-30,32-33,35-36,42,44,50,52,58,60,65-66,70H,6-7,9,11-13,15,17-19,21,23-25,28,31,34,37-41,43,45-49,51,53-57,59,61-64H2,1-5H3,(H-,68,71,72,73)/p+1/b10-8-,16-14-,22-20-,27-26-,30-29-,33-32-,36-35-,44-42+,52-50+,60-58+. The number of hydrogen-bond donors (Lipinski definition) is 3. The second kappa shape index (κ2) is 56.6. The van der Waals surface area contributed by atoms with E-state index < -0.39 is 20.0 Å². The number of quaternary nitrogens is 1. The first kappa shape index (κ1) is 72.9. The van der Waals surface area contributed by atoms with E-state index in [-0.39, 0.29) is 19.1 Å².